The molecule has 3 rings (SSSR count). The molecule has 2 unspecified atom stereocenters. The first-order chi connectivity index (χ1) is 14.5. The van der Waals surface area contributed by atoms with Crippen molar-refractivity contribution in [3.05, 3.63) is 42.2 Å². The lowest BCUT2D eigenvalue weighted by Crippen LogP contribution is -2.28. The number of ether oxygens (including phenoxy) is 2. The van der Waals surface area contributed by atoms with E-state index in [9.17, 15) is 14.3 Å². The van der Waals surface area contributed by atoms with Crippen LogP contribution < -0.4 is 9.64 Å². The van der Waals surface area contributed by atoms with Gasteiger partial charge < -0.3 is 19.5 Å². The van der Waals surface area contributed by atoms with Crippen LogP contribution in [0.2, 0.25) is 0 Å². The lowest BCUT2D eigenvalue weighted by atomic mass is 10.1. The Morgan fingerprint density at radius 2 is 2.10 bits per heavy atom. The average molecular weight is 452 g/mol. The Labute approximate surface area is 184 Å². The second kappa shape index (κ2) is 10.4. The zero-order valence-corrected chi connectivity index (χ0v) is 18.9. The van der Waals surface area contributed by atoms with Crippen molar-refractivity contribution < 1.29 is 23.8 Å². The van der Waals surface area contributed by atoms with Gasteiger partial charge in [0, 0.05) is 22.9 Å². The quantitative estimate of drug-likeness (QED) is 0.482. The number of aliphatic hydroxyl groups excluding tert-OH is 1. The predicted octanol–water partition coefficient (Wildman–Crippen LogP) is 4.73. The summed E-state index contributed by atoms with van der Waals surface area (Å²) in [5, 5.41) is 9.86. The van der Waals surface area contributed by atoms with E-state index in [2.05, 4.69) is 22.6 Å². The second-order valence-corrected chi connectivity index (χ2v) is 8.90. The van der Waals surface area contributed by atoms with Crippen LogP contribution in [0.3, 0.4) is 0 Å². The van der Waals surface area contributed by atoms with E-state index >= 15 is 0 Å². The third kappa shape index (κ3) is 5.22. The van der Waals surface area contributed by atoms with E-state index in [-0.39, 0.29) is 12.4 Å². The van der Waals surface area contributed by atoms with Crippen LogP contribution in [-0.2, 0) is 9.53 Å². The van der Waals surface area contributed by atoms with Crippen LogP contribution in [0.4, 0.5) is 15.8 Å². The number of halogens is 1. The van der Waals surface area contributed by atoms with Gasteiger partial charge in [0.25, 0.3) is 0 Å². The minimum atomic E-state index is -1.34. The molecule has 0 aliphatic carbocycles. The summed E-state index contributed by atoms with van der Waals surface area (Å²) in [5.74, 6) is 1.08. The average Bonchev–Trinajstić information content (AvgIpc) is 2.95. The van der Waals surface area contributed by atoms with Crippen LogP contribution in [0.1, 0.15) is 13.3 Å². The van der Waals surface area contributed by atoms with Crippen LogP contribution in [0.5, 0.6) is 5.75 Å². The van der Waals surface area contributed by atoms with Gasteiger partial charge in [0.15, 0.2) is 6.10 Å². The first-order valence-corrected chi connectivity index (χ1v) is 11.9. The minimum absolute atomic E-state index is 0.178. The molecule has 0 amide bonds. The molecule has 0 saturated heterocycles. The first-order valence-electron chi connectivity index (χ1n) is 9.73. The number of aliphatic hydroxyl groups is 1. The summed E-state index contributed by atoms with van der Waals surface area (Å²) in [7, 11) is 1.23. The Balaban J connectivity index is 1.96. The van der Waals surface area contributed by atoms with E-state index in [1.54, 1.807) is 23.9 Å². The van der Waals surface area contributed by atoms with E-state index in [0.29, 0.717) is 11.7 Å². The van der Waals surface area contributed by atoms with Gasteiger partial charge in [0.05, 0.1) is 17.7 Å². The summed E-state index contributed by atoms with van der Waals surface area (Å²) in [4.78, 5) is 15.6. The van der Waals surface area contributed by atoms with Gasteiger partial charge >= 0.3 is 5.97 Å². The van der Waals surface area contributed by atoms with Crippen molar-refractivity contribution in [2.75, 3.05) is 37.2 Å². The summed E-state index contributed by atoms with van der Waals surface area (Å²) in [5.41, 5.74) is 1.99. The molecule has 30 heavy (non-hydrogen) atoms. The molecular formula is C22H26FNO4S2. The van der Waals surface area contributed by atoms with Crippen LogP contribution in [0.25, 0.3) is 0 Å². The number of hydrogen-bond donors (Lipinski definition) is 1. The first kappa shape index (κ1) is 22.8. The van der Waals surface area contributed by atoms with Crippen molar-refractivity contribution in [2.45, 2.75) is 29.2 Å². The molecule has 0 bridgehead atoms. The molecule has 0 radical (unpaired) electrons. The molecule has 1 aliphatic heterocycles. The standard InChI is InChI=1S/C22H26FNO4S2/c1-4-14-11-24(16-7-5-15(23)6-8-16)17-9-21(29-3)19(10-20(17)30-13-14)28-12-18(25)22(26)27-2/h5-10,14,18,25H,4,11-13H2,1-3H3. The molecule has 1 heterocycles. The summed E-state index contributed by atoms with van der Waals surface area (Å²) in [6.07, 6.45) is 1.66. The Morgan fingerprint density at radius 1 is 1.37 bits per heavy atom. The van der Waals surface area contributed by atoms with Crippen molar-refractivity contribution in [3.63, 3.8) is 0 Å². The van der Waals surface area contributed by atoms with E-state index in [1.807, 2.05) is 12.3 Å². The smallest absolute Gasteiger partial charge is 0.338 e. The highest BCUT2D eigenvalue weighted by molar-refractivity contribution is 7.99. The van der Waals surface area contributed by atoms with Gasteiger partial charge in [-0.2, -0.15) is 0 Å². The van der Waals surface area contributed by atoms with Crippen molar-refractivity contribution >= 4 is 40.9 Å². The number of carbonyl (C=O) groups excluding carboxylic acids is 1. The number of thioether (sulfide) groups is 2. The lowest BCUT2D eigenvalue weighted by molar-refractivity contribution is -0.151. The maximum Gasteiger partial charge on any atom is 0.338 e. The number of methoxy groups -OCH3 is 1. The molecule has 1 N–H and O–H groups in total. The van der Waals surface area contributed by atoms with Gasteiger partial charge in [-0.25, -0.2) is 9.18 Å². The van der Waals surface area contributed by atoms with Gasteiger partial charge in [0.1, 0.15) is 18.2 Å². The maximum atomic E-state index is 13.5. The number of rotatable bonds is 7. The van der Waals surface area contributed by atoms with Crippen molar-refractivity contribution in [3.8, 4) is 5.75 Å². The molecule has 162 valence electrons. The van der Waals surface area contributed by atoms with Gasteiger partial charge in [-0.1, -0.05) is 13.3 Å². The largest absolute Gasteiger partial charge is 0.489 e. The van der Waals surface area contributed by atoms with Crippen molar-refractivity contribution in [1.82, 2.24) is 0 Å². The Hall–Kier alpha value is -1.90. The Kier molecular flexibility index (Phi) is 7.91. The number of anilines is 2. The normalized spacial score (nSPS) is 17.1. The molecular weight excluding hydrogens is 425 g/mol. The minimum Gasteiger partial charge on any atom is -0.489 e. The van der Waals surface area contributed by atoms with Crippen LogP contribution in [-0.4, -0.2) is 49.4 Å². The molecule has 0 fully saturated rings. The highest BCUT2D eigenvalue weighted by Crippen LogP contribution is 2.45. The fraction of sp³-hybridized carbons (Fsp3) is 0.409. The highest BCUT2D eigenvalue weighted by atomic mass is 32.2. The zero-order chi connectivity index (χ0) is 21.7. The van der Waals surface area contributed by atoms with E-state index in [4.69, 9.17) is 4.74 Å². The van der Waals surface area contributed by atoms with Crippen molar-refractivity contribution in [2.24, 2.45) is 5.92 Å². The van der Waals surface area contributed by atoms with Crippen LogP contribution >= 0.6 is 23.5 Å². The second-order valence-electron chi connectivity index (χ2n) is 6.99. The molecule has 0 saturated carbocycles. The lowest BCUT2D eigenvalue weighted by Gasteiger charge is -2.28. The van der Waals surface area contributed by atoms with Gasteiger partial charge in [-0.3, -0.25) is 0 Å². The van der Waals surface area contributed by atoms with Crippen molar-refractivity contribution in [1.29, 1.82) is 0 Å². The number of benzene rings is 2. The molecule has 2 aromatic rings. The number of carbonyl (C=O) groups is 1. The number of nitrogens with zero attached hydrogens (tertiary/aromatic N) is 1. The molecule has 0 aromatic heterocycles. The van der Waals surface area contributed by atoms with Gasteiger partial charge in [-0.15, -0.1) is 23.5 Å². The van der Waals surface area contributed by atoms with Gasteiger partial charge in [0.2, 0.25) is 0 Å². The number of esters is 1. The topological polar surface area (TPSA) is 59.0 Å². The molecule has 8 heteroatoms. The SMILES string of the molecule is CCC1CSc2cc(OCC(O)C(=O)OC)c(SC)cc2N(c2ccc(F)cc2)C1. The monoisotopic (exact) mass is 451 g/mol. The fourth-order valence-corrected chi connectivity index (χ4v) is 5.04. The number of hydrogen-bond acceptors (Lipinski definition) is 7. The maximum absolute atomic E-state index is 13.5. The van der Waals surface area contributed by atoms with E-state index in [0.717, 1.165) is 39.9 Å². The van der Waals surface area contributed by atoms with Crippen LogP contribution in [0.15, 0.2) is 46.2 Å². The molecule has 2 aromatic carbocycles. The Bertz CT molecular complexity index is 878. The van der Waals surface area contributed by atoms with E-state index < -0.39 is 12.1 Å². The summed E-state index contributed by atoms with van der Waals surface area (Å²) in [6.45, 7) is 2.85. The van der Waals surface area contributed by atoms with Crippen LogP contribution in [0, 0.1) is 11.7 Å². The molecule has 0 spiro atoms. The summed E-state index contributed by atoms with van der Waals surface area (Å²) >= 11 is 3.29. The summed E-state index contributed by atoms with van der Waals surface area (Å²) in [6, 6.07) is 10.6. The third-order valence-corrected chi connectivity index (χ3v) is 7.07. The zero-order valence-electron chi connectivity index (χ0n) is 17.3. The fourth-order valence-electron chi connectivity index (χ4n) is 3.23. The van der Waals surface area contributed by atoms with E-state index in [1.165, 1.54) is 31.0 Å². The Morgan fingerprint density at radius 3 is 2.73 bits per heavy atom. The molecule has 1 aliphatic rings. The van der Waals surface area contributed by atoms with Gasteiger partial charge in [-0.05, 0) is 48.6 Å². The number of fused-ring (bicyclic) bond motifs is 1. The molecule has 2 atom stereocenters. The third-order valence-electron chi connectivity index (χ3n) is 5.04. The predicted molar refractivity (Wildman–Crippen MR) is 120 cm³/mol. The highest BCUT2D eigenvalue weighted by Gasteiger charge is 2.25. The summed E-state index contributed by atoms with van der Waals surface area (Å²) < 4.78 is 23.8. The molecule has 5 nitrogen and oxygen atoms in total.